The molecule has 2 aliphatic rings. The van der Waals surface area contributed by atoms with Crippen molar-refractivity contribution in [2.75, 3.05) is 73.8 Å². The quantitative estimate of drug-likeness (QED) is 0.103. The Hall–Kier alpha value is -6.11. The van der Waals surface area contributed by atoms with Crippen molar-refractivity contribution in [2.24, 2.45) is 0 Å². The first-order valence-corrected chi connectivity index (χ1v) is 22.3. The molecule has 2 saturated heterocycles. The fourth-order valence-electron chi connectivity index (χ4n) is 8.34. The molecule has 4 heterocycles. The van der Waals surface area contributed by atoms with E-state index in [1.807, 2.05) is 26.0 Å². The minimum atomic E-state index is -4.92. The Morgan fingerprint density at radius 3 is 1.86 bits per heavy atom. The lowest BCUT2D eigenvalue weighted by Gasteiger charge is -2.35. The van der Waals surface area contributed by atoms with Gasteiger partial charge in [0.15, 0.2) is 6.10 Å². The van der Waals surface area contributed by atoms with E-state index in [2.05, 4.69) is 65.4 Å². The Kier molecular flexibility index (Phi) is 13.7. The molecule has 4 aromatic carbocycles. The second-order valence-electron chi connectivity index (χ2n) is 16.6. The second kappa shape index (κ2) is 19.6. The maximum Gasteiger partial charge on any atom is 0.573 e. The summed E-state index contributed by atoms with van der Waals surface area (Å²) in [5.74, 6) is -0.918. The summed E-state index contributed by atoms with van der Waals surface area (Å²) in [7, 11) is 4.20. The SMILES string of the molecule is Cc1nc(N2CCNCC2)nc2ccc(NC(=O)CC(c3ccc(OC(F)(F)F)cc3)C(Oc3ccc(Br)cc3)C(=O)Nc3ccc4nc(N5CCC(N(C)C)CC5)nc(C)c4c3)cc12. The zero-order valence-corrected chi connectivity index (χ0v) is 38.0. The Bertz CT molecular complexity index is 2660. The first-order chi connectivity index (χ1) is 31.2. The Morgan fingerprint density at radius 2 is 1.31 bits per heavy atom. The van der Waals surface area contributed by atoms with Gasteiger partial charge >= 0.3 is 6.36 Å². The zero-order chi connectivity index (χ0) is 45.8. The third-order valence-corrected chi connectivity index (χ3v) is 12.4. The minimum Gasteiger partial charge on any atom is -0.480 e. The van der Waals surface area contributed by atoms with Gasteiger partial charge in [0.05, 0.1) is 22.4 Å². The van der Waals surface area contributed by atoms with Crippen molar-refractivity contribution in [1.82, 2.24) is 30.2 Å². The van der Waals surface area contributed by atoms with Gasteiger partial charge in [-0.15, -0.1) is 13.2 Å². The number of carbonyl (C=O) groups excluding carboxylic acids is 2. The molecule has 0 bridgehead atoms. The summed E-state index contributed by atoms with van der Waals surface area (Å²) in [5.41, 5.74) is 4.19. The van der Waals surface area contributed by atoms with Crippen LogP contribution in [0.25, 0.3) is 21.8 Å². The van der Waals surface area contributed by atoms with E-state index in [9.17, 15) is 22.8 Å². The number of piperidine rings is 1. The number of nitrogens with one attached hydrogen (secondary N) is 3. The van der Waals surface area contributed by atoms with Gasteiger partial charge in [0.1, 0.15) is 11.5 Å². The number of nitrogens with zero attached hydrogens (tertiary/aromatic N) is 7. The number of anilines is 4. The number of fused-ring (bicyclic) bond motifs is 2. The number of halogens is 4. The van der Waals surface area contributed by atoms with Gasteiger partial charge in [0, 0.05) is 84.3 Å². The first-order valence-electron chi connectivity index (χ1n) is 21.5. The fraction of sp³-hybridized carbons (Fsp3) is 0.362. The molecule has 65 heavy (non-hydrogen) atoms. The van der Waals surface area contributed by atoms with Crippen LogP contribution in [-0.4, -0.2) is 109 Å². The Balaban J connectivity index is 1.08. The topological polar surface area (TPSA) is 150 Å². The molecular weight excluding hydrogens is 905 g/mol. The first kappa shape index (κ1) is 45.5. The molecule has 340 valence electrons. The Labute approximate surface area is 383 Å². The molecular formula is C47H50BrF3N10O4. The molecule has 6 aromatic rings. The molecule has 0 aliphatic carbocycles. The maximum atomic E-state index is 14.7. The van der Waals surface area contributed by atoms with E-state index < -0.39 is 35.9 Å². The summed E-state index contributed by atoms with van der Waals surface area (Å²) in [4.78, 5) is 54.7. The lowest BCUT2D eigenvalue weighted by Crippen LogP contribution is -2.44. The van der Waals surface area contributed by atoms with Gasteiger partial charge in [-0.05, 0) is 119 Å². The van der Waals surface area contributed by atoms with E-state index in [1.165, 1.54) is 12.1 Å². The van der Waals surface area contributed by atoms with Crippen LogP contribution in [0.1, 0.15) is 42.1 Å². The van der Waals surface area contributed by atoms with E-state index in [4.69, 9.17) is 24.7 Å². The third-order valence-electron chi connectivity index (χ3n) is 11.8. The highest BCUT2D eigenvalue weighted by molar-refractivity contribution is 9.10. The van der Waals surface area contributed by atoms with Crippen molar-refractivity contribution in [1.29, 1.82) is 0 Å². The number of hydrogen-bond acceptors (Lipinski definition) is 12. The van der Waals surface area contributed by atoms with Crippen LogP contribution in [0.5, 0.6) is 11.5 Å². The second-order valence-corrected chi connectivity index (χ2v) is 17.5. The number of rotatable bonds is 13. The molecule has 3 N–H and O–H groups in total. The standard InChI is InChI=1S/C47H50BrF3N10O4/c1-28-37-25-32(9-15-40(37)58-46(54-28)61-23-19-52-20-24-61)55-42(62)27-39(30-5-11-36(12-6-30)65-47(49,50)51)43(64-35-13-7-31(48)8-14-35)44(63)56-33-10-16-41-38(26-33)29(2)53-45(57-41)60-21-17-34(18-22-60)59(3)4/h5-16,25-26,34,39,43,52H,17-24,27H2,1-4H3,(H,55,62)(H,56,63). The van der Waals surface area contributed by atoms with Crippen LogP contribution >= 0.6 is 15.9 Å². The maximum absolute atomic E-state index is 14.7. The highest BCUT2D eigenvalue weighted by Gasteiger charge is 2.35. The average molecular weight is 956 g/mol. The molecule has 8 rings (SSSR count). The van der Waals surface area contributed by atoms with Crippen molar-refractivity contribution in [3.8, 4) is 11.5 Å². The number of alkyl halides is 3. The van der Waals surface area contributed by atoms with E-state index in [1.54, 1.807) is 48.5 Å². The highest BCUT2D eigenvalue weighted by Crippen LogP contribution is 2.34. The molecule has 18 heteroatoms. The summed E-state index contributed by atoms with van der Waals surface area (Å²) in [6, 6.07) is 23.2. The number of piperazine rings is 1. The van der Waals surface area contributed by atoms with Crippen LogP contribution < -0.4 is 35.2 Å². The predicted octanol–water partition coefficient (Wildman–Crippen LogP) is 7.99. The number of amides is 2. The molecule has 0 spiro atoms. The molecule has 0 saturated carbocycles. The van der Waals surface area contributed by atoms with Gasteiger partial charge in [0.2, 0.25) is 17.8 Å². The lowest BCUT2D eigenvalue weighted by atomic mass is 9.88. The van der Waals surface area contributed by atoms with Crippen molar-refractivity contribution in [2.45, 2.75) is 57.5 Å². The van der Waals surface area contributed by atoms with Crippen LogP contribution in [0, 0.1) is 13.8 Å². The van der Waals surface area contributed by atoms with Crippen LogP contribution in [-0.2, 0) is 9.59 Å². The fourth-order valence-corrected chi connectivity index (χ4v) is 8.60. The smallest absolute Gasteiger partial charge is 0.480 e. The lowest BCUT2D eigenvalue weighted by molar-refractivity contribution is -0.274. The highest BCUT2D eigenvalue weighted by atomic mass is 79.9. The van der Waals surface area contributed by atoms with Crippen molar-refractivity contribution >= 4 is 72.8 Å². The average Bonchev–Trinajstić information content (AvgIpc) is 3.28. The van der Waals surface area contributed by atoms with Crippen LogP contribution in [0.3, 0.4) is 0 Å². The van der Waals surface area contributed by atoms with Gasteiger partial charge in [0.25, 0.3) is 5.91 Å². The van der Waals surface area contributed by atoms with Gasteiger partial charge in [-0.2, -0.15) is 0 Å². The van der Waals surface area contributed by atoms with Crippen molar-refractivity contribution in [3.05, 3.63) is 106 Å². The Morgan fingerprint density at radius 1 is 0.769 bits per heavy atom. The summed E-state index contributed by atoms with van der Waals surface area (Å²) in [6.07, 6.45) is -4.58. The van der Waals surface area contributed by atoms with Crippen LogP contribution in [0.15, 0.2) is 89.4 Å². The zero-order valence-electron chi connectivity index (χ0n) is 36.5. The number of ether oxygens (including phenoxy) is 2. The van der Waals surface area contributed by atoms with Gasteiger partial charge in [-0.25, -0.2) is 19.9 Å². The summed E-state index contributed by atoms with van der Waals surface area (Å²) in [6.45, 7) is 8.73. The van der Waals surface area contributed by atoms with E-state index in [0.717, 1.165) is 96.4 Å². The molecule has 2 amide bonds. The number of carbonyl (C=O) groups is 2. The number of aryl methyl sites for hydroxylation is 2. The number of aromatic nitrogens is 4. The van der Waals surface area contributed by atoms with E-state index in [-0.39, 0.29) is 6.42 Å². The largest absolute Gasteiger partial charge is 0.573 e. The molecule has 2 atom stereocenters. The van der Waals surface area contributed by atoms with Gasteiger partial charge in [-0.1, -0.05) is 28.1 Å². The normalized spacial score (nSPS) is 15.8. The van der Waals surface area contributed by atoms with Crippen LogP contribution in [0.4, 0.5) is 36.4 Å². The van der Waals surface area contributed by atoms with E-state index in [0.29, 0.717) is 46.1 Å². The third kappa shape index (κ3) is 11.2. The minimum absolute atomic E-state index is 0.303. The van der Waals surface area contributed by atoms with Crippen molar-refractivity contribution in [3.63, 3.8) is 0 Å². The molecule has 2 aromatic heterocycles. The van der Waals surface area contributed by atoms with E-state index >= 15 is 0 Å². The molecule has 14 nitrogen and oxygen atoms in total. The summed E-state index contributed by atoms with van der Waals surface area (Å²) >= 11 is 3.44. The summed E-state index contributed by atoms with van der Waals surface area (Å²) in [5, 5.41) is 10.8. The van der Waals surface area contributed by atoms with Crippen LogP contribution in [0.2, 0.25) is 0 Å². The van der Waals surface area contributed by atoms with Gasteiger partial charge in [-0.3, -0.25) is 9.59 Å². The monoisotopic (exact) mass is 954 g/mol. The molecule has 2 unspecified atom stereocenters. The predicted molar refractivity (Wildman–Crippen MR) is 249 cm³/mol. The number of hydrogen-bond donors (Lipinski definition) is 3. The molecule has 0 radical (unpaired) electrons. The van der Waals surface area contributed by atoms with Gasteiger partial charge < -0.3 is 40.1 Å². The molecule has 2 aliphatic heterocycles. The number of benzene rings is 4. The molecule has 2 fully saturated rings. The summed E-state index contributed by atoms with van der Waals surface area (Å²) < 4.78 is 51.0. The van der Waals surface area contributed by atoms with Crippen molar-refractivity contribution < 1.29 is 32.2 Å².